The number of hydrogen-bond donors (Lipinski definition) is 3. The number of fused-ring (bicyclic) bond motifs is 1. The summed E-state index contributed by atoms with van der Waals surface area (Å²) in [4.78, 5) is 11.8. The van der Waals surface area contributed by atoms with Crippen LogP contribution in [-0.4, -0.2) is 36.8 Å². The van der Waals surface area contributed by atoms with Crippen LogP contribution in [0.3, 0.4) is 0 Å². The molecule has 0 aliphatic carbocycles. The van der Waals surface area contributed by atoms with Crippen molar-refractivity contribution in [1.82, 2.24) is 10.6 Å². The number of carbonyl (C=O) groups excluding carboxylic acids is 1. The summed E-state index contributed by atoms with van der Waals surface area (Å²) in [5, 5.41) is 14.6. The minimum atomic E-state index is -0.190. The number of hydrogen-bond acceptors (Lipinski definition) is 3. The number of amides is 1. The van der Waals surface area contributed by atoms with E-state index in [0.717, 1.165) is 13.0 Å². The van der Waals surface area contributed by atoms with Crippen LogP contribution in [0.5, 0.6) is 0 Å². The van der Waals surface area contributed by atoms with E-state index in [1.807, 2.05) is 12.1 Å². The van der Waals surface area contributed by atoms with Crippen LogP contribution in [0.1, 0.15) is 11.1 Å². The van der Waals surface area contributed by atoms with Gasteiger partial charge in [-0.25, -0.2) is 0 Å². The van der Waals surface area contributed by atoms with E-state index in [9.17, 15) is 4.79 Å². The smallest absolute Gasteiger partial charge is 0.237 e. The summed E-state index contributed by atoms with van der Waals surface area (Å²) in [6.45, 7) is 1.11. The van der Waals surface area contributed by atoms with Gasteiger partial charge in [-0.05, 0) is 30.5 Å². The SMILES string of the molecule is O=C(NCCO)C1Cc2ccccc2CCN1. The summed E-state index contributed by atoms with van der Waals surface area (Å²) in [7, 11) is 0. The molecule has 3 N–H and O–H groups in total. The largest absolute Gasteiger partial charge is 0.395 e. The highest BCUT2D eigenvalue weighted by Gasteiger charge is 2.21. The maximum absolute atomic E-state index is 11.8. The fourth-order valence-electron chi connectivity index (χ4n) is 2.16. The Morgan fingerprint density at radius 3 is 2.94 bits per heavy atom. The van der Waals surface area contributed by atoms with Crippen molar-refractivity contribution >= 4 is 5.91 Å². The highest BCUT2D eigenvalue weighted by atomic mass is 16.3. The van der Waals surface area contributed by atoms with Crippen molar-refractivity contribution in [1.29, 1.82) is 0 Å². The standard InChI is InChI=1S/C13H18N2O2/c16-8-7-15-13(17)12-9-11-4-2-1-3-10(11)5-6-14-12/h1-4,12,14,16H,5-9H2,(H,15,17). The van der Waals surface area contributed by atoms with Crippen molar-refractivity contribution in [3.05, 3.63) is 35.4 Å². The zero-order chi connectivity index (χ0) is 12.1. The molecule has 1 aromatic carbocycles. The number of aliphatic hydroxyl groups excluding tert-OH is 1. The molecule has 4 nitrogen and oxygen atoms in total. The van der Waals surface area contributed by atoms with E-state index in [0.29, 0.717) is 13.0 Å². The van der Waals surface area contributed by atoms with Crippen LogP contribution < -0.4 is 10.6 Å². The van der Waals surface area contributed by atoms with E-state index in [2.05, 4.69) is 22.8 Å². The van der Waals surface area contributed by atoms with Gasteiger partial charge in [0.2, 0.25) is 5.91 Å². The van der Waals surface area contributed by atoms with Crippen molar-refractivity contribution in [3.63, 3.8) is 0 Å². The van der Waals surface area contributed by atoms with Crippen LogP contribution in [-0.2, 0) is 17.6 Å². The Balaban J connectivity index is 2.05. The van der Waals surface area contributed by atoms with Gasteiger partial charge in [0.25, 0.3) is 0 Å². The predicted molar refractivity (Wildman–Crippen MR) is 65.7 cm³/mol. The molecule has 0 saturated heterocycles. The van der Waals surface area contributed by atoms with Gasteiger partial charge in [0.1, 0.15) is 0 Å². The quantitative estimate of drug-likeness (QED) is 0.682. The first-order valence-electron chi connectivity index (χ1n) is 6.00. The molecule has 0 spiro atoms. The lowest BCUT2D eigenvalue weighted by molar-refractivity contribution is -0.123. The first kappa shape index (κ1) is 12.1. The lowest BCUT2D eigenvalue weighted by Crippen LogP contribution is -2.46. The molecule has 17 heavy (non-hydrogen) atoms. The molecule has 4 heteroatoms. The Morgan fingerprint density at radius 1 is 1.41 bits per heavy atom. The van der Waals surface area contributed by atoms with Crippen LogP contribution in [0.2, 0.25) is 0 Å². The Labute approximate surface area is 101 Å². The van der Waals surface area contributed by atoms with Crippen molar-refractivity contribution in [3.8, 4) is 0 Å². The summed E-state index contributed by atoms with van der Waals surface area (Å²) in [5.74, 6) is -0.0317. The molecule has 0 fully saturated rings. The van der Waals surface area contributed by atoms with Gasteiger partial charge in [0, 0.05) is 6.54 Å². The Bertz CT molecular complexity index is 393. The summed E-state index contributed by atoms with van der Waals surface area (Å²) < 4.78 is 0. The molecule has 0 bridgehead atoms. The van der Waals surface area contributed by atoms with Crippen LogP contribution in [0.25, 0.3) is 0 Å². The molecule has 1 aliphatic rings. The van der Waals surface area contributed by atoms with E-state index in [1.165, 1.54) is 11.1 Å². The van der Waals surface area contributed by atoms with E-state index >= 15 is 0 Å². The first-order chi connectivity index (χ1) is 8.31. The average Bonchev–Trinajstić information content (AvgIpc) is 2.58. The van der Waals surface area contributed by atoms with Crippen LogP contribution in [0.4, 0.5) is 0 Å². The first-order valence-corrected chi connectivity index (χ1v) is 6.00. The van der Waals surface area contributed by atoms with Gasteiger partial charge in [-0.1, -0.05) is 24.3 Å². The highest BCUT2D eigenvalue weighted by Crippen LogP contribution is 2.14. The molecule has 0 saturated carbocycles. The molecule has 0 aromatic heterocycles. The van der Waals surface area contributed by atoms with E-state index in [-0.39, 0.29) is 18.6 Å². The second kappa shape index (κ2) is 5.80. The third-order valence-electron chi connectivity index (χ3n) is 3.06. The molecule has 1 aromatic rings. The summed E-state index contributed by atoms with van der Waals surface area (Å²) in [6, 6.07) is 8.04. The number of carbonyl (C=O) groups is 1. The lowest BCUT2D eigenvalue weighted by atomic mass is 10.0. The predicted octanol–water partition coefficient (Wildman–Crippen LogP) is -0.148. The molecule has 1 atom stereocenters. The van der Waals surface area contributed by atoms with Crippen LogP contribution in [0, 0.1) is 0 Å². The van der Waals surface area contributed by atoms with Gasteiger partial charge >= 0.3 is 0 Å². The normalized spacial score (nSPS) is 19.2. The van der Waals surface area contributed by atoms with Gasteiger partial charge in [0.15, 0.2) is 0 Å². The molecule has 1 aliphatic heterocycles. The number of aliphatic hydroxyl groups is 1. The summed E-state index contributed by atoms with van der Waals surface area (Å²) in [5.41, 5.74) is 2.55. The molecule has 2 rings (SSSR count). The Hall–Kier alpha value is -1.39. The minimum Gasteiger partial charge on any atom is -0.395 e. The zero-order valence-electron chi connectivity index (χ0n) is 9.78. The average molecular weight is 234 g/mol. The van der Waals surface area contributed by atoms with Crippen molar-refractivity contribution in [2.45, 2.75) is 18.9 Å². The second-order valence-electron chi connectivity index (χ2n) is 4.24. The lowest BCUT2D eigenvalue weighted by Gasteiger charge is -2.15. The topological polar surface area (TPSA) is 61.4 Å². The van der Waals surface area contributed by atoms with Gasteiger partial charge in [-0.15, -0.1) is 0 Å². The third kappa shape index (κ3) is 3.05. The fourth-order valence-corrected chi connectivity index (χ4v) is 2.16. The summed E-state index contributed by atoms with van der Waals surface area (Å²) in [6.07, 6.45) is 1.67. The molecular weight excluding hydrogens is 216 g/mol. The maximum Gasteiger partial charge on any atom is 0.237 e. The number of rotatable bonds is 3. The molecule has 1 heterocycles. The minimum absolute atomic E-state index is 0.0188. The maximum atomic E-state index is 11.8. The molecular formula is C13H18N2O2. The second-order valence-corrected chi connectivity index (χ2v) is 4.24. The van der Waals surface area contributed by atoms with Crippen molar-refractivity contribution < 1.29 is 9.90 Å². The van der Waals surface area contributed by atoms with Gasteiger partial charge in [0.05, 0.1) is 12.6 Å². The van der Waals surface area contributed by atoms with Crippen molar-refractivity contribution in [2.75, 3.05) is 19.7 Å². The third-order valence-corrected chi connectivity index (χ3v) is 3.06. The van der Waals surface area contributed by atoms with Gasteiger partial charge < -0.3 is 15.7 Å². The van der Waals surface area contributed by atoms with E-state index in [1.54, 1.807) is 0 Å². The number of benzene rings is 1. The van der Waals surface area contributed by atoms with Gasteiger partial charge in [-0.3, -0.25) is 4.79 Å². The number of nitrogens with one attached hydrogen (secondary N) is 2. The highest BCUT2D eigenvalue weighted by molar-refractivity contribution is 5.82. The summed E-state index contributed by atoms with van der Waals surface area (Å²) >= 11 is 0. The molecule has 0 radical (unpaired) electrons. The molecule has 1 amide bonds. The molecule has 1 unspecified atom stereocenters. The molecule has 92 valence electrons. The van der Waals surface area contributed by atoms with E-state index < -0.39 is 0 Å². The van der Waals surface area contributed by atoms with Crippen LogP contribution >= 0.6 is 0 Å². The Morgan fingerprint density at radius 2 is 2.18 bits per heavy atom. The van der Waals surface area contributed by atoms with Crippen LogP contribution in [0.15, 0.2) is 24.3 Å². The van der Waals surface area contributed by atoms with Gasteiger partial charge in [-0.2, -0.15) is 0 Å². The van der Waals surface area contributed by atoms with Crippen molar-refractivity contribution in [2.24, 2.45) is 0 Å². The van der Waals surface area contributed by atoms with E-state index in [4.69, 9.17) is 5.11 Å². The Kier molecular flexibility index (Phi) is 4.12. The fraction of sp³-hybridized carbons (Fsp3) is 0.462. The monoisotopic (exact) mass is 234 g/mol. The zero-order valence-corrected chi connectivity index (χ0v) is 9.78.